The molecule has 0 saturated carbocycles. The summed E-state index contributed by atoms with van der Waals surface area (Å²) in [7, 11) is 1.58. The fraction of sp³-hybridized carbons (Fsp3) is 0.200. The number of carbonyl (C=O) groups excluding carboxylic acids is 1. The summed E-state index contributed by atoms with van der Waals surface area (Å²) >= 11 is 0. The third-order valence-corrected chi connectivity index (χ3v) is 6.51. The molecule has 14 heteroatoms. The molecule has 1 amide bonds. The topological polar surface area (TPSA) is 156 Å². The number of nitrogens with one attached hydrogen (secondary N) is 2. The molecule has 1 aliphatic heterocycles. The Morgan fingerprint density at radius 3 is 2.72 bits per heavy atom. The molecule has 0 bridgehead atoms. The minimum absolute atomic E-state index is 0.00744. The second kappa shape index (κ2) is 9.64. The van der Waals surface area contributed by atoms with E-state index in [9.17, 15) is 14.7 Å². The third kappa shape index (κ3) is 4.25. The first kappa shape index (κ1) is 24.2. The standard InChI is InChI=1S/C25H22FN9O4/c1-33-13-35-24(38)15-7-8-17(20(26)21(15)34(35)10-19(33)37)30-25-27-9-16(23-32-28-12-39-23)22(31-25)29-18(11-36)14-5-3-2-4-6-14/h2-9,12,18,36H,10-11,13H2,1H3,(H2,27,29,30,31)/t18-/m1/s1. The Morgan fingerprint density at radius 1 is 1.15 bits per heavy atom. The number of carbonyl (C=O) groups is 1. The number of anilines is 3. The van der Waals surface area contributed by atoms with Crippen LogP contribution in [0.3, 0.4) is 0 Å². The lowest BCUT2D eigenvalue weighted by Crippen LogP contribution is -2.43. The van der Waals surface area contributed by atoms with E-state index >= 15 is 4.39 Å². The summed E-state index contributed by atoms with van der Waals surface area (Å²) in [6.45, 7) is -0.383. The first-order valence-corrected chi connectivity index (χ1v) is 11.9. The zero-order chi connectivity index (χ0) is 27.1. The van der Waals surface area contributed by atoms with Gasteiger partial charge in [-0.2, -0.15) is 4.98 Å². The third-order valence-electron chi connectivity index (χ3n) is 6.51. The molecule has 3 aromatic heterocycles. The number of aliphatic hydroxyl groups is 1. The molecular weight excluding hydrogens is 509 g/mol. The predicted molar refractivity (Wildman–Crippen MR) is 137 cm³/mol. The Bertz CT molecular complexity index is 1730. The van der Waals surface area contributed by atoms with Crippen molar-refractivity contribution in [1.29, 1.82) is 0 Å². The minimum atomic E-state index is -0.725. The van der Waals surface area contributed by atoms with E-state index in [1.54, 1.807) is 7.05 Å². The van der Waals surface area contributed by atoms with Gasteiger partial charge in [-0.25, -0.2) is 14.1 Å². The number of halogens is 1. The highest BCUT2D eigenvalue weighted by Crippen LogP contribution is 2.31. The van der Waals surface area contributed by atoms with Crippen molar-refractivity contribution in [2.24, 2.45) is 0 Å². The number of rotatable bonds is 7. The fourth-order valence-electron chi connectivity index (χ4n) is 4.49. The summed E-state index contributed by atoms with van der Waals surface area (Å²) in [5.74, 6) is -0.530. The van der Waals surface area contributed by atoms with Crippen molar-refractivity contribution in [2.75, 3.05) is 24.3 Å². The van der Waals surface area contributed by atoms with Gasteiger partial charge >= 0.3 is 0 Å². The van der Waals surface area contributed by atoms with Crippen LogP contribution in [0.4, 0.5) is 21.8 Å². The van der Waals surface area contributed by atoms with Crippen LogP contribution in [0, 0.1) is 5.82 Å². The molecule has 2 aromatic carbocycles. The molecule has 1 aliphatic rings. The molecule has 0 radical (unpaired) electrons. The van der Waals surface area contributed by atoms with E-state index in [0.29, 0.717) is 5.56 Å². The summed E-state index contributed by atoms with van der Waals surface area (Å²) in [5, 5.41) is 23.9. The van der Waals surface area contributed by atoms with Crippen molar-refractivity contribution in [1.82, 2.24) is 34.4 Å². The van der Waals surface area contributed by atoms with Crippen molar-refractivity contribution in [3.05, 3.63) is 76.8 Å². The number of likely N-dealkylation sites (N-methyl/N-ethyl adjacent to an activating group) is 1. The van der Waals surface area contributed by atoms with Crippen LogP contribution in [0.1, 0.15) is 11.6 Å². The summed E-state index contributed by atoms with van der Waals surface area (Å²) in [6, 6.07) is 11.7. The monoisotopic (exact) mass is 531 g/mol. The Hall–Kier alpha value is -5.11. The Morgan fingerprint density at radius 2 is 1.97 bits per heavy atom. The van der Waals surface area contributed by atoms with E-state index in [2.05, 4.69) is 30.8 Å². The average molecular weight is 532 g/mol. The number of benzene rings is 2. The molecule has 4 heterocycles. The van der Waals surface area contributed by atoms with Gasteiger partial charge in [-0.1, -0.05) is 30.3 Å². The van der Waals surface area contributed by atoms with E-state index < -0.39 is 17.4 Å². The SMILES string of the molecule is CN1Cn2c(=O)c3ccc(Nc4ncc(-c5nnco5)c(N[C@H](CO)c5ccccc5)n4)c(F)c3n2CC1=O. The summed E-state index contributed by atoms with van der Waals surface area (Å²) in [5.41, 5.74) is 0.811. The van der Waals surface area contributed by atoms with E-state index in [4.69, 9.17) is 4.42 Å². The Labute approximate surface area is 219 Å². The summed E-state index contributed by atoms with van der Waals surface area (Å²) < 4.78 is 23.8. The van der Waals surface area contributed by atoms with Crippen molar-refractivity contribution in [3.8, 4) is 11.5 Å². The van der Waals surface area contributed by atoms with Crippen molar-refractivity contribution in [2.45, 2.75) is 19.3 Å². The average Bonchev–Trinajstić information content (AvgIpc) is 3.57. The van der Waals surface area contributed by atoms with Crippen LogP contribution >= 0.6 is 0 Å². The van der Waals surface area contributed by atoms with Gasteiger partial charge in [-0.3, -0.25) is 14.3 Å². The molecule has 198 valence electrons. The van der Waals surface area contributed by atoms with Crippen LogP contribution in [-0.2, 0) is 18.0 Å². The molecule has 3 N–H and O–H groups in total. The first-order chi connectivity index (χ1) is 18.9. The van der Waals surface area contributed by atoms with Crippen LogP contribution < -0.4 is 16.2 Å². The molecule has 6 rings (SSSR count). The lowest BCUT2D eigenvalue weighted by molar-refractivity contribution is -0.135. The van der Waals surface area contributed by atoms with Crippen LogP contribution in [0.15, 0.2) is 64.3 Å². The predicted octanol–water partition coefficient (Wildman–Crippen LogP) is 2.10. The first-order valence-electron chi connectivity index (χ1n) is 11.9. The lowest BCUT2D eigenvalue weighted by Gasteiger charge is -2.26. The van der Waals surface area contributed by atoms with E-state index in [1.807, 2.05) is 30.3 Å². The van der Waals surface area contributed by atoms with Gasteiger partial charge in [0, 0.05) is 13.2 Å². The second-order valence-corrected chi connectivity index (χ2v) is 8.93. The number of hydrogen-bond acceptors (Lipinski definition) is 10. The molecule has 0 fully saturated rings. The van der Waals surface area contributed by atoms with Gasteiger partial charge in [-0.05, 0) is 17.7 Å². The van der Waals surface area contributed by atoms with Gasteiger partial charge in [-0.15, -0.1) is 10.2 Å². The lowest BCUT2D eigenvalue weighted by atomic mass is 10.1. The smallest absolute Gasteiger partial charge is 0.276 e. The molecule has 13 nitrogen and oxygen atoms in total. The molecule has 1 atom stereocenters. The van der Waals surface area contributed by atoms with Gasteiger partial charge < -0.3 is 25.1 Å². The fourth-order valence-corrected chi connectivity index (χ4v) is 4.49. The van der Waals surface area contributed by atoms with Crippen LogP contribution in [0.25, 0.3) is 22.4 Å². The highest BCUT2D eigenvalue weighted by Gasteiger charge is 2.27. The highest BCUT2D eigenvalue weighted by atomic mass is 19.1. The molecule has 5 aromatic rings. The Kier molecular flexibility index (Phi) is 5.99. The normalized spacial score (nSPS) is 13.9. The number of fused-ring (bicyclic) bond motifs is 3. The van der Waals surface area contributed by atoms with E-state index in [1.165, 1.54) is 39.0 Å². The Balaban J connectivity index is 1.39. The van der Waals surface area contributed by atoms with Crippen molar-refractivity contribution >= 4 is 34.3 Å². The maximum absolute atomic E-state index is 15.8. The molecule has 39 heavy (non-hydrogen) atoms. The van der Waals surface area contributed by atoms with Gasteiger partial charge in [0.1, 0.15) is 24.5 Å². The van der Waals surface area contributed by atoms with E-state index in [0.717, 1.165) is 5.56 Å². The molecule has 0 unspecified atom stereocenters. The molecule has 0 spiro atoms. The zero-order valence-electron chi connectivity index (χ0n) is 20.6. The van der Waals surface area contributed by atoms with Crippen molar-refractivity contribution < 1.29 is 18.7 Å². The number of amides is 1. The minimum Gasteiger partial charge on any atom is -0.423 e. The maximum Gasteiger partial charge on any atom is 0.276 e. The van der Waals surface area contributed by atoms with Gasteiger partial charge in [0.15, 0.2) is 5.82 Å². The number of hydrogen-bond donors (Lipinski definition) is 3. The molecule has 0 saturated heterocycles. The summed E-state index contributed by atoms with van der Waals surface area (Å²) in [6.07, 6.45) is 2.60. The number of aliphatic hydroxyl groups excluding tert-OH is 1. The van der Waals surface area contributed by atoms with E-state index in [-0.39, 0.29) is 60.0 Å². The highest BCUT2D eigenvalue weighted by molar-refractivity contribution is 5.86. The van der Waals surface area contributed by atoms with Crippen LogP contribution in [0.5, 0.6) is 0 Å². The second-order valence-electron chi connectivity index (χ2n) is 8.93. The molecule has 0 aliphatic carbocycles. The largest absolute Gasteiger partial charge is 0.423 e. The van der Waals surface area contributed by atoms with Gasteiger partial charge in [0.25, 0.3) is 11.4 Å². The summed E-state index contributed by atoms with van der Waals surface area (Å²) in [4.78, 5) is 35.3. The van der Waals surface area contributed by atoms with Crippen LogP contribution in [-0.4, -0.2) is 59.1 Å². The van der Waals surface area contributed by atoms with Gasteiger partial charge in [0.05, 0.1) is 29.3 Å². The van der Waals surface area contributed by atoms with Gasteiger partial charge in [0.2, 0.25) is 18.2 Å². The number of nitrogens with zero attached hydrogens (tertiary/aromatic N) is 7. The quantitative estimate of drug-likeness (QED) is 0.284. The zero-order valence-corrected chi connectivity index (χ0v) is 20.6. The van der Waals surface area contributed by atoms with Crippen molar-refractivity contribution in [3.63, 3.8) is 0 Å². The molecular formula is C25H22FN9O4. The maximum atomic E-state index is 15.8. The van der Waals surface area contributed by atoms with Crippen LogP contribution in [0.2, 0.25) is 0 Å². The number of aromatic nitrogens is 6.